The average molecular weight is 394 g/mol. The van der Waals surface area contributed by atoms with Gasteiger partial charge in [0.15, 0.2) is 11.7 Å². The molecular weight excluding hydrogens is 370 g/mol. The maximum Gasteiger partial charge on any atom is 0.350 e. The number of benzene rings is 1. The molecule has 0 aliphatic rings. The van der Waals surface area contributed by atoms with Gasteiger partial charge in [0.25, 0.3) is 5.91 Å². The number of halogens is 1. The fraction of sp³-hybridized carbons (Fsp3) is 0.421. The first-order chi connectivity index (χ1) is 12.5. The zero-order chi connectivity index (χ0) is 20.4. The quantitative estimate of drug-likeness (QED) is 0.760. The zero-order valence-electron chi connectivity index (χ0n) is 16.3. The van der Waals surface area contributed by atoms with Gasteiger partial charge in [0.2, 0.25) is 0 Å². The van der Waals surface area contributed by atoms with Crippen molar-refractivity contribution < 1.29 is 19.1 Å². The normalized spacial score (nSPS) is 12.4. The number of hydrogen-bond donors (Lipinski definition) is 1. The Hall–Kier alpha value is -2.54. The predicted octanol–water partition coefficient (Wildman–Crippen LogP) is 3.42. The zero-order valence-corrected chi connectivity index (χ0v) is 17.0. The smallest absolute Gasteiger partial charge is 0.350 e. The summed E-state index contributed by atoms with van der Waals surface area (Å²) in [5.41, 5.74) is 0.837. The summed E-state index contributed by atoms with van der Waals surface area (Å²) in [4.78, 5) is 24.9. The second-order valence-corrected chi connectivity index (χ2v) is 7.21. The number of hydrogen-bond acceptors (Lipinski definition) is 5. The van der Waals surface area contributed by atoms with Crippen LogP contribution in [-0.4, -0.2) is 33.4 Å². The second-order valence-electron chi connectivity index (χ2n) is 6.77. The first-order valence-corrected chi connectivity index (χ1v) is 8.86. The summed E-state index contributed by atoms with van der Waals surface area (Å²) in [7, 11) is 1.79. The van der Waals surface area contributed by atoms with Crippen molar-refractivity contribution in [1.82, 2.24) is 9.78 Å². The van der Waals surface area contributed by atoms with Crippen LogP contribution in [0.2, 0.25) is 5.02 Å². The molecule has 0 spiro atoms. The molecule has 1 aromatic carbocycles. The summed E-state index contributed by atoms with van der Waals surface area (Å²) in [6, 6.07) is 6.63. The van der Waals surface area contributed by atoms with E-state index in [0.29, 0.717) is 22.2 Å². The fourth-order valence-electron chi connectivity index (χ4n) is 2.37. The topological polar surface area (TPSA) is 82.5 Å². The Kier molecular flexibility index (Phi) is 6.15. The first kappa shape index (κ1) is 20.8. The molecule has 27 heavy (non-hydrogen) atoms. The number of rotatable bonds is 6. The molecule has 0 aliphatic carbocycles. The summed E-state index contributed by atoms with van der Waals surface area (Å²) >= 11 is 5.84. The van der Waals surface area contributed by atoms with Crippen molar-refractivity contribution in [2.45, 2.75) is 46.3 Å². The van der Waals surface area contributed by atoms with E-state index in [1.165, 1.54) is 6.92 Å². The van der Waals surface area contributed by atoms with Crippen LogP contribution in [0.5, 0.6) is 5.75 Å². The number of ether oxygens (including phenoxy) is 2. The molecule has 0 bridgehead atoms. The van der Waals surface area contributed by atoms with Gasteiger partial charge in [-0.15, -0.1) is 0 Å². The van der Waals surface area contributed by atoms with Crippen molar-refractivity contribution in [3.8, 4) is 5.75 Å². The van der Waals surface area contributed by atoms with Crippen molar-refractivity contribution in [2.24, 2.45) is 7.05 Å². The number of esters is 1. The third kappa shape index (κ3) is 5.01. The number of nitrogens with one attached hydrogen (secondary N) is 1. The van der Waals surface area contributed by atoms with Gasteiger partial charge in [-0.05, 0) is 58.9 Å². The molecule has 0 saturated carbocycles. The summed E-state index contributed by atoms with van der Waals surface area (Å²) in [5, 5.41) is 7.56. The summed E-state index contributed by atoms with van der Waals surface area (Å²) in [6.45, 7) is 8.29. The maximum atomic E-state index is 12.5. The number of amides is 1. The molecule has 0 aliphatic heterocycles. The molecule has 1 atom stereocenters. The summed E-state index contributed by atoms with van der Waals surface area (Å²) in [5.74, 6) is -0.621. The Morgan fingerprint density at radius 1 is 1.22 bits per heavy atom. The molecule has 0 radical (unpaired) electrons. The van der Waals surface area contributed by atoms with Gasteiger partial charge >= 0.3 is 5.97 Å². The Bertz CT molecular complexity index is 843. The van der Waals surface area contributed by atoms with E-state index in [2.05, 4.69) is 10.4 Å². The third-order valence-corrected chi connectivity index (χ3v) is 4.34. The molecule has 1 heterocycles. The van der Waals surface area contributed by atoms with Crippen LogP contribution >= 0.6 is 11.6 Å². The van der Waals surface area contributed by atoms with Gasteiger partial charge < -0.3 is 14.8 Å². The molecule has 2 rings (SSSR count). The van der Waals surface area contributed by atoms with E-state index in [4.69, 9.17) is 21.1 Å². The number of aryl methyl sites for hydroxylation is 2. The highest BCUT2D eigenvalue weighted by molar-refractivity contribution is 6.30. The Morgan fingerprint density at radius 3 is 2.33 bits per heavy atom. The molecule has 146 valence electrons. The van der Waals surface area contributed by atoms with Gasteiger partial charge in [0.1, 0.15) is 5.75 Å². The van der Waals surface area contributed by atoms with E-state index >= 15 is 0 Å². The van der Waals surface area contributed by atoms with Crippen molar-refractivity contribution in [1.29, 1.82) is 0 Å². The number of carbonyl (C=O) groups is 2. The molecule has 1 amide bonds. The van der Waals surface area contributed by atoms with Gasteiger partial charge in [-0.2, -0.15) is 5.10 Å². The van der Waals surface area contributed by atoms with Crippen molar-refractivity contribution in [2.75, 3.05) is 5.32 Å². The second kappa shape index (κ2) is 8.00. The van der Waals surface area contributed by atoms with E-state index in [1.54, 1.807) is 56.8 Å². The van der Waals surface area contributed by atoms with E-state index in [-0.39, 0.29) is 0 Å². The van der Waals surface area contributed by atoms with Gasteiger partial charge in [0.05, 0.1) is 17.1 Å². The van der Waals surface area contributed by atoms with Crippen LogP contribution in [0.3, 0.4) is 0 Å². The van der Waals surface area contributed by atoms with Crippen LogP contribution in [0.4, 0.5) is 5.69 Å². The van der Waals surface area contributed by atoms with Crippen molar-refractivity contribution >= 4 is 29.2 Å². The number of anilines is 1. The highest BCUT2D eigenvalue weighted by Crippen LogP contribution is 2.23. The minimum Gasteiger partial charge on any atom is -0.476 e. The molecule has 7 nitrogen and oxygen atoms in total. The Labute approximate surface area is 163 Å². The van der Waals surface area contributed by atoms with Crippen LogP contribution in [0.1, 0.15) is 32.2 Å². The fourth-order valence-corrected chi connectivity index (χ4v) is 2.50. The predicted molar refractivity (Wildman–Crippen MR) is 103 cm³/mol. The van der Waals surface area contributed by atoms with Crippen LogP contribution < -0.4 is 10.1 Å². The SMILES string of the molecule is Cc1nn(C)c(C)c1NC(=O)[C@@H](C)OC(=O)C(C)(C)Oc1ccc(Cl)cc1. The largest absolute Gasteiger partial charge is 0.476 e. The minimum absolute atomic E-state index is 0.440. The van der Waals surface area contributed by atoms with Crippen LogP contribution in [0, 0.1) is 13.8 Å². The maximum absolute atomic E-state index is 12.5. The van der Waals surface area contributed by atoms with E-state index < -0.39 is 23.6 Å². The molecular formula is C19H24ClN3O4. The lowest BCUT2D eigenvalue weighted by atomic mass is 10.1. The monoisotopic (exact) mass is 393 g/mol. The van der Waals surface area contributed by atoms with Gasteiger partial charge in [-0.25, -0.2) is 4.79 Å². The molecule has 8 heteroatoms. The van der Waals surface area contributed by atoms with Crippen LogP contribution in [-0.2, 0) is 21.4 Å². The Morgan fingerprint density at radius 2 is 1.81 bits per heavy atom. The third-order valence-electron chi connectivity index (χ3n) is 4.09. The van der Waals surface area contributed by atoms with Crippen molar-refractivity contribution in [3.05, 3.63) is 40.7 Å². The number of carbonyl (C=O) groups excluding carboxylic acids is 2. The minimum atomic E-state index is -1.28. The summed E-state index contributed by atoms with van der Waals surface area (Å²) in [6.07, 6.45) is -0.996. The molecule has 2 aromatic rings. The summed E-state index contributed by atoms with van der Waals surface area (Å²) < 4.78 is 12.7. The average Bonchev–Trinajstić information content (AvgIpc) is 2.82. The molecule has 0 saturated heterocycles. The highest BCUT2D eigenvalue weighted by atomic mass is 35.5. The van der Waals surface area contributed by atoms with E-state index in [1.807, 2.05) is 6.92 Å². The lowest BCUT2D eigenvalue weighted by Gasteiger charge is -2.26. The highest BCUT2D eigenvalue weighted by Gasteiger charge is 2.34. The van der Waals surface area contributed by atoms with Gasteiger partial charge in [-0.3, -0.25) is 9.48 Å². The molecule has 1 aromatic heterocycles. The molecule has 1 N–H and O–H groups in total. The van der Waals surface area contributed by atoms with Crippen LogP contribution in [0.15, 0.2) is 24.3 Å². The van der Waals surface area contributed by atoms with E-state index in [9.17, 15) is 9.59 Å². The first-order valence-electron chi connectivity index (χ1n) is 8.48. The van der Waals surface area contributed by atoms with Crippen molar-refractivity contribution in [3.63, 3.8) is 0 Å². The standard InChI is InChI=1S/C19H24ClN3O4/c1-11-16(12(2)23(6)22-11)21-17(24)13(3)26-18(25)19(4,5)27-15-9-7-14(20)8-10-15/h7-10,13H,1-6H3,(H,21,24)/t13-/m1/s1. The van der Waals surface area contributed by atoms with Crippen LogP contribution in [0.25, 0.3) is 0 Å². The molecule has 0 unspecified atom stereocenters. The van der Waals surface area contributed by atoms with Gasteiger partial charge in [0, 0.05) is 12.1 Å². The lowest BCUT2D eigenvalue weighted by molar-refractivity contribution is -0.166. The number of nitrogens with zero attached hydrogens (tertiary/aromatic N) is 2. The van der Waals surface area contributed by atoms with E-state index in [0.717, 1.165) is 5.69 Å². The lowest BCUT2D eigenvalue weighted by Crippen LogP contribution is -2.43. The molecule has 0 fully saturated rings. The Balaban J connectivity index is 2.00. The number of aromatic nitrogens is 2. The van der Waals surface area contributed by atoms with Gasteiger partial charge in [-0.1, -0.05) is 11.6 Å².